The van der Waals surface area contributed by atoms with Gasteiger partial charge < -0.3 is 29.9 Å². The Hall–Kier alpha value is -2.70. The van der Waals surface area contributed by atoms with Crippen LogP contribution in [0.4, 0.5) is 5.13 Å². The van der Waals surface area contributed by atoms with Crippen molar-refractivity contribution in [1.29, 1.82) is 0 Å². The quantitative estimate of drug-likeness (QED) is 0.391. The van der Waals surface area contributed by atoms with Crippen molar-refractivity contribution in [3.05, 3.63) is 27.2 Å². The standard InChI is InChI=1S/C18H23ClN6O5S/c1-4-9-14(19)24-15(21-9)16(26)22-10-5-6-25(8-12(10)29-2)18-23-11(7-20-30-3)13(31-18)17(27)28/h7,10,12H,4-6,8H2,1-3H3,(H,21,24)(H,22,26)(H,27,28)/t10-,12+/m0/s1. The van der Waals surface area contributed by atoms with E-state index >= 15 is 0 Å². The number of methoxy groups -OCH3 is 1. The number of aromatic amines is 1. The summed E-state index contributed by atoms with van der Waals surface area (Å²) >= 11 is 7.08. The molecule has 1 saturated heterocycles. The number of aryl methyl sites for hydroxylation is 1. The van der Waals surface area contributed by atoms with E-state index in [0.717, 1.165) is 11.3 Å². The number of carbonyl (C=O) groups excluding carboxylic acids is 1. The average molecular weight is 471 g/mol. The van der Waals surface area contributed by atoms with Gasteiger partial charge in [0.15, 0.2) is 16.1 Å². The summed E-state index contributed by atoms with van der Waals surface area (Å²) in [6.07, 6.45) is 2.15. The SMILES string of the molecule is CCc1[nH]c(C(=O)N[C@H]2CCN(c3nc(C=NOC)c(C(=O)O)s3)C[C@H]2OC)nc1Cl. The lowest BCUT2D eigenvalue weighted by atomic mass is 10.0. The summed E-state index contributed by atoms with van der Waals surface area (Å²) in [5.74, 6) is -1.29. The van der Waals surface area contributed by atoms with Gasteiger partial charge in [-0.1, -0.05) is 35.0 Å². The predicted octanol–water partition coefficient (Wildman–Crippen LogP) is 1.78. The minimum absolute atomic E-state index is 0.0709. The molecule has 0 aliphatic carbocycles. The van der Waals surface area contributed by atoms with E-state index in [1.54, 1.807) is 7.11 Å². The first-order valence-electron chi connectivity index (χ1n) is 9.51. The number of hydrogen-bond donors (Lipinski definition) is 3. The lowest BCUT2D eigenvalue weighted by molar-refractivity contribution is 0.0538. The number of anilines is 1. The highest BCUT2D eigenvalue weighted by Crippen LogP contribution is 2.29. The molecule has 0 unspecified atom stereocenters. The van der Waals surface area contributed by atoms with Gasteiger partial charge in [0.1, 0.15) is 17.7 Å². The van der Waals surface area contributed by atoms with Crippen LogP contribution in [0.2, 0.25) is 5.15 Å². The van der Waals surface area contributed by atoms with E-state index in [9.17, 15) is 14.7 Å². The summed E-state index contributed by atoms with van der Waals surface area (Å²) in [6, 6.07) is -0.254. The van der Waals surface area contributed by atoms with E-state index in [0.29, 0.717) is 36.8 Å². The van der Waals surface area contributed by atoms with E-state index in [-0.39, 0.29) is 39.6 Å². The van der Waals surface area contributed by atoms with Crippen LogP contribution in [0.15, 0.2) is 5.16 Å². The van der Waals surface area contributed by atoms with Crippen LogP contribution in [0, 0.1) is 0 Å². The highest BCUT2D eigenvalue weighted by Gasteiger charge is 2.33. The molecular weight excluding hydrogens is 448 g/mol. The van der Waals surface area contributed by atoms with Gasteiger partial charge in [-0.05, 0) is 12.8 Å². The summed E-state index contributed by atoms with van der Waals surface area (Å²) in [4.78, 5) is 42.1. The van der Waals surface area contributed by atoms with Crippen molar-refractivity contribution in [2.24, 2.45) is 5.16 Å². The summed E-state index contributed by atoms with van der Waals surface area (Å²) in [5.41, 5.74) is 0.927. The van der Waals surface area contributed by atoms with Crippen molar-refractivity contribution in [2.75, 3.05) is 32.2 Å². The molecule has 1 fully saturated rings. The average Bonchev–Trinajstić information content (AvgIpc) is 3.36. The molecule has 11 nitrogen and oxygen atoms in total. The number of ether oxygens (including phenoxy) is 1. The highest BCUT2D eigenvalue weighted by atomic mass is 35.5. The Labute approximate surface area is 187 Å². The number of rotatable bonds is 8. The second kappa shape index (κ2) is 10.1. The number of carbonyl (C=O) groups is 2. The molecule has 0 saturated carbocycles. The number of nitrogens with one attached hydrogen (secondary N) is 2. The number of hydrogen-bond acceptors (Lipinski definition) is 9. The van der Waals surface area contributed by atoms with Gasteiger partial charge in [-0.2, -0.15) is 0 Å². The molecule has 168 valence electrons. The molecule has 31 heavy (non-hydrogen) atoms. The molecule has 2 atom stereocenters. The number of carboxylic acid groups (broad SMARTS) is 1. The third-order valence-electron chi connectivity index (χ3n) is 4.86. The van der Waals surface area contributed by atoms with Crippen molar-refractivity contribution < 1.29 is 24.3 Å². The van der Waals surface area contributed by atoms with E-state index < -0.39 is 5.97 Å². The Kier molecular flexibility index (Phi) is 7.46. The van der Waals surface area contributed by atoms with Gasteiger partial charge >= 0.3 is 5.97 Å². The van der Waals surface area contributed by atoms with Gasteiger partial charge in [0.05, 0.1) is 24.1 Å². The number of carboxylic acids is 1. The van der Waals surface area contributed by atoms with Crippen LogP contribution >= 0.6 is 22.9 Å². The number of aromatic carboxylic acids is 1. The van der Waals surface area contributed by atoms with Crippen LogP contribution in [-0.4, -0.2) is 77.6 Å². The lowest BCUT2D eigenvalue weighted by Crippen LogP contribution is -2.55. The maximum absolute atomic E-state index is 12.6. The Morgan fingerprint density at radius 1 is 1.45 bits per heavy atom. The van der Waals surface area contributed by atoms with Gasteiger partial charge in [-0.3, -0.25) is 4.79 Å². The van der Waals surface area contributed by atoms with Crippen LogP contribution < -0.4 is 10.2 Å². The second-order valence-electron chi connectivity index (χ2n) is 6.73. The minimum atomic E-state index is -1.09. The van der Waals surface area contributed by atoms with E-state index in [2.05, 4.69) is 30.3 Å². The zero-order valence-electron chi connectivity index (χ0n) is 17.2. The van der Waals surface area contributed by atoms with Crippen LogP contribution in [0.25, 0.3) is 0 Å². The molecule has 0 bridgehead atoms. The molecule has 1 amide bonds. The minimum Gasteiger partial charge on any atom is -0.477 e. The molecule has 0 radical (unpaired) electrons. The number of nitrogens with zero attached hydrogens (tertiary/aromatic N) is 4. The molecule has 3 N–H and O–H groups in total. The predicted molar refractivity (Wildman–Crippen MR) is 116 cm³/mol. The molecule has 3 heterocycles. The first-order chi connectivity index (χ1) is 14.9. The summed E-state index contributed by atoms with van der Waals surface area (Å²) in [7, 11) is 2.93. The first kappa shape index (κ1) is 23.0. The Balaban J connectivity index is 1.71. The Bertz CT molecular complexity index is 977. The second-order valence-corrected chi connectivity index (χ2v) is 8.07. The molecule has 1 aliphatic heterocycles. The molecule has 3 rings (SSSR count). The first-order valence-corrected chi connectivity index (χ1v) is 10.7. The zero-order chi connectivity index (χ0) is 22.5. The van der Waals surface area contributed by atoms with Crippen molar-refractivity contribution in [3.63, 3.8) is 0 Å². The highest BCUT2D eigenvalue weighted by molar-refractivity contribution is 7.17. The molecular formula is C18H23ClN6O5S. The number of thiazole rings is 1. The van der Waals surface area contributed by atoms with Gasteiger partial charge in [-0.15, -0.1) is 0 Å². The smallest absolute Gasteiger partial charge is 0.348 e. The molecule has 2 aromatic heterocycles. The van der Waals surface area contributed by atoms with Gasteiger partial charge in [0.25, 0.3) is 5.91 Å². The van der Waals surface area contributed by atoms with Crippen molar-refractivity contribution in [3.8, 4) is 0 Å². The molecule has 2 aromatic rings. The zero-order valence-corrected chi connectivity index (χ0v) is 18.8. The van der Waals surface area contributed by atoms with Crippen LogP contribution in [0.3, 0.4) is 0 Å². The van der Waals surface area contributed by atoms with Crippen molar-refractivity contribution in [2.45, 2.75) is 31.9 Å². The van der Waals surface area contributed by atoms with E-state index in [4.69, 9.17) is 16.3 Å². The summed E-state index contributed by atoms with van der Waals surface area (Å²) < 4.78 is 5.59. The van der Waals surface area contributed by atoms with E-state index in [1.807, 2.05) is 11.8 Å². The number of amides is 1. The Morgan fingerprint density at radius 2 is 2.23 bits per heavy atom. The topological polar surface area (TPSA) is 142 Å². The monoisotopic (exact) mass is 470 g/mol. The van der Waals surface area contributed by atoms with Gasteiger partial charge in [0, 0.05) is 20.2 Å². The largest absolute Gasteiger partial charge is 0.477 e. The number of H-pyrrole nitrogens is 1. The van der Waals surface area contributed by atoms with Gasteiger partial charge in [0.2, 0.25) is 0 Å². The fourth-order valence-corrected chi connectivity index (χ4v) is 4.44. The van der Waals surface area contributed by atoms with Gasteiger partial charge in [-0.25, -0.2) is 14.8 Å². The molecule has 1 aliphatic rings. The number of piperidine rings is 1. The number of aromatic nitrogens is 3. The number of oxime groups is 1. The third kappa shape index (κ3) is 5.14. The van der Waals surface area contributed by atoms with Crippen LogP contribution in [0.1, 0.15) is 45.0 Å². The maximum atomic E-state index is 12.6. The van der Waals surface area contributed by atoms with Crippen molar-refractivity contribution in [1.82, 2.24) is 20.3 Å². The van der Waals surface area contributed by atoms with E-state index in [1.165, 1.54) is 13.3 Å². The molecule has 0 aromatic carbocycles. The summed E-state index contributed by atoms with van der Waals surface area (Å²) in [6.45, 7) is 2.89. The Morgan fingerprint density at radius 3 is 2.84 bits per heavy atom. The van der Waals surface area contributed by atoms with Crippen LogP contribution in [0.5, 0.6) is 0 Å². The maximum Gasteiger partial charge on any atom is 0.348 e. The fourth-order valence-electron chi connectivity index (χ4n) is 3.26. The number of halogens is 1. The molecule has 0 spiro atoms. The van der Waals surface area contributed by atoms with Crippen LogP contribution in [-0.2, 0) is 16.0 Å². The number of imidazole rings is 1. The third-order valence-corrected chi connectivity index (χ3v) is 6.30. The lowest BCUT2D eigenvalue weighted by Gasteiger charge is -2.37. The summed E-state index contributed by atoms with van der Waals surface area (Å²) in [5, 5.41) is 16.8. The molecule has 13 heteroatoms. The fraction of sp³-hybridized carbons (Fsp3) is 0.500. The normalized spacial score (nSPS) is 19.0. The van der Waals surface area contributed by atoms with Crippen molar-refractivity contribution >= 4 is 46.2 Å².